The summed E-state index contributed by atoms with van der Waals surface area (Å²) in [5.41, 5.74) is 8.69. The molecule has 2 amide bonds. The summed E-state index contributed by atoms with van der Waals surface area (Å²) >= 11 is 0. The zero-order valence-electron chi connectivity index (χ0n) is 18.4. The van der Waals surface area contributed by atoms with E-state index in [0.29, 0.717) is 11.3 Å². The molecule has 3 aromatic heterocycles. The SMILES string of the molecule is Cc1cccn2cc(COc3ccccc3C(=O)NNC(=O)c3ccc4ccccc4n3)nc12. The number of nitrogens with one attached hydrogen (secondary N) is 2. The fourth-order valence-electron chi connectivity index (χ4n) is 3.64. The van der Waals surface area contributed by atoms with E-state index in [0.717, 1.165) is 22.3 Å². The minimum absolute atomic E-state index is 0.193. The number of rotatable bonds is 5. The highest BCUT2D eigenvalue weighted by molar-refractivity contribution is 6.00. The highest BCUT2D eigenvalue weighted by Gasteiger charge is 2.15. The minimum atomic E-state index is -0.516. The third-order valence-electron chi connectivity index (χ3n) is 5.36. The lowest BCUT2D eigenvalue weighted by Gasteiger charge is -2.11. The number of carbonyl (C=O) groups excluding carboxylic acids is 2. The average molecular weight is 451 g/mol. The van der Waals surface area contributed by atoms with Crippen LogP contribution in [0.2, 0.25) is 0 Å². The van der Waals surface area contributed by atoms with Crippen LogP contribution in [0.1, 0.15) is 32.1 Å². The van der Waals surface area contributed by atoms with Gasteiger partial charge in [0, 0.05) is 17.8 Å². The third-order valence-corrected chi connectivity index (χ3v) is 5.36. The Morgan fingerprint density at radius 2 is 1.68 bits per heavy atom. The van der Waals surface area contributed by atoms with Crippen molar-refractivity contribution in [1.82, 2.24) is 25.2 Å². The van der Waals surface area contributed by atoms with Gasteiger partial charge >= 0.3 is 0 Å². The Morgan fingerprint density at radius 3 is 2.56 bits per heavy atom. The van der Waals surface area contributed by atoms with Crippen molar-refractivity contribution in [3.63, 3.8) is 0 Å². The summed E-state index contributed by atoms with van der Waals surface area (Å²) in [6, 6.07) is 21.7. The van der Waals surface area contributed by atoms with E-state index < -0.39 is 11.8 Å². The van der Waals surface area contributed by atoms with E-state index in [9.17, 15) is 9.59 Å². The molecule has 5 aromatic rings. The van der Waals surface area contributed by atoms with Crippen molar-refractivity contribution >= 4 is 28.4 Å². The van der Waals surface area contributed by atoms with Crippen molar-refractivity contribution in [2.45, 2.75) is 13.5 Å². The fraction of sp³-hybridized carbons (Fsp3) is 0.0769. The van der Waals surface area contributed by atoms with Crippen molar-refractivity contribution < 1.29 is 14.3 Å². The molecule has 0 atom stereocenters. The number of hydrogen-bond donors (Lipinski definition) is 2. The largest absolute Gasteiger partial charge is 0.486 e. The Bertz CT molecular complexity index is 1530. The van der Waals surface area contributed by atoms with Crippen LogP contribution < -0.4 is 15.6 Å². The number of pyridine rings is 2. The van der Waals surface area contributed by atoms with Crippen molar-refractivity contribution in [3.05, 3.63) is 108 Å². The molecule has 0 saturated heterocycles. The van der Waals surface area contributed by atoms with E-state index >= 15 is 0 Å². The van der Waals surface area contributed by atoms with Crippen LogP contribution in [0.5, 0.6) is 5.75 Å². The molecule has 0 aliphatic heterocycles. The van der Waals surface area contributed by atoms with Gasteiger partial charge in [-0.1, -0.05) is 42.5 Å². The monoisotopic (exact) mass is 451 g/mol. The minimum Gasteiger partial charge on any atom is -0.486 e. The van der Waals surface area contributed by atoms with Gasteiger partial charge in [0.25, 0.3) is 11.8 Å². The van der Waals surface area contributed by atoms with Crippen LogP contribution >= 0.6 is 0 Å². The van der Waals surface area contributed by atoms with Gasteiger partial charge in [0.2, 0.25) is 0 Å². The van der Waals surface area contributed by atoms with Gasteiger partial charge in [0.15, 0.2) is 0 Å². The number of aryl methyl sites for hydroxylation is 1. The Balaban J connectivity index is 1.25. The van der Waals surface area contributed by atoms with Gasteiger partial charge in [0.05, 0.1) is 16.8 Å². The van der Waals surface area contributed by atoms with E-state index in [1.54, 1.807) is 30.3 Å². The maximum absolute atomic E-state index is 12.8. The number of amides is 2. The topological polar surface area (TPSA) is 97.6 Å². The van der Waals surface area contributed by atoms with Gasteiger partial charge in [-0.25, -0.2) is 9.97 Å². The van der Waals surface area contributed by atoms with Crippen LogP contribution in [0.25, 0.3) is 16.6 Å². The number of carbonyl (C=O) groups is 2. The zero-order chi connectivity index (χ0) is 23.5. The molecule has 0 aliphatic carbocycles. The van der Waals surface area contributed by atoms with E-state index in [-0.39, 0.29) is 17.9 Å². The highest BCUT2D eigenvalue weighted by atomic mass is 16.5. The Labute approximate surface area is 195 Å². The summed E-state index contributed by atoms with van der Waals surface area (Å²) in [7, 11) is 0. The first-order chi connectivity index (χ1) is 16.6. The first-order valence-electron chi connectivity index (χ1n) is 10.7. The zero-order valence-corrected chi connectivity index (χ0v) is 18.4. The first kappa shape index (κ1) is 21.1. The number of hydrogen-bond acceptors (Lipinski definition) is 5. The summed E-state index contributed by atoms with van der Waals surface area (Å²) in [5, 5.41) is 0.926. The number of aromatic nitrogens is 3. The molecule has 2 N–H and O–H groups in total. The van der Waals surface area contributed by atoms with Crippen LogP contribution in [0, 0.1) is 6.92 Å². The molecule has 0 bridgehead atoms. The number of benzene rings is 2. The van der Waals surface area contributed by atoms with Gasteiger partial charge in [-0.2, -0.15) is 0 Å². The van der Waals surface area contributed by atoms with Gasteiger partial charge < -0.3 is 9.14 Å². The molecule has 0 saturated carbocycles. The number of fused-ring (bicyclic) bond motifs is 2. The second-order valence-corrected chi connectivity index (χ2v) is 7.74. The number of imidazole rings is 1. The molecule has 0 spiro atoms. The van der Waals surface area contributed by atoms with Crippen molar-refractivity contribution in [1.29, 1.82) is 0 Å². The molecule has 0 aliphatic rings. The Morgan fingerprint density at radius 1 is 0.882 bits per heavy atom. The first-order valence-corrected chi connectivity index (χ1v) is 10.7. The summed E-state index contributed by atoms with van der Waals surface area (Å²) < 4.78 is 7.83. The molecule has 5 rings (SSSR count). The molecule has 0 unspecified atom stereocenters. The normalized spacial score (nSPS) is 10.9. The molecule has 34 heavy (non-hydrogen) atoms. The molecule has 8 heteroatoms. The summed E-state index contributed by atoms with van der Waals surface area (Å²) in [5.74, 6) is -0.639. The highest BCUT2D eigenvalue weighted by Crippen LogP contribution is 2.20. The van der Waals surface area contributed by atoms with Crippen LogP contribution in [0.15, 0.2) is 85.2 Å². The lowest BCUT2D eigenvalue weighted by molar-refractivity contribution is 0.0841. The standard InChI is InChI=1S/C26H21N5O3/c1-17-7-6-14-31-15-19(27-24(17)31)16-34-23-11-5-3-9-20(23)25(32)29-30-26(33)22-13-12-18-8-2-4-10-21(18)28-22/h2-15H,16H2,1H3,(H,29,32)(H,30,33). The van der Waals surface area contributed by atoms with Crippen molar-refractivity contribution in [3.8, 4) is 5.75 Å². The maximum Gasteiger partial charge on any atom is 0.288 e. The predicted octanol–water partition coefficient (Wildman–Crippen LogP) is 3.84. The number of nitrogens with zero attached hydrogens (tertiary/aromatic N) is 3. The van der Waals surface area contributed by atoms with Crippen LogP contribution in [-0.2, 0) is 6.61 Å². The molecule has 2 aromatic carbocycles. The van der Waals surface area contributed by atoms with E-state index in [2.05, 4.69) is 20.8 Å². The molecular formula is C26H21N5O3. The van der Waals surface area contributed by atoms with Crippen molar-refractivity contribution in [2.75, 3.05) is 0 Å². The predicted molar refractivity (Wildman–Crippen MR) is 127 cm³/mol. The molecule has 168 valence electrons. The smallest absolute Gasteiger partial charge is 0.288 e. The van der Waals surface area contributed by atoms with Crippen LogP contribution in [0.3, 0.4) is 0 Å². The van der Waals surface area contributed by atoms with Gasteiger partial charge in [0.1, 0.15) is 23.7 Å². The quantitative estimate of drug-likeness (QED) is 0.396. The second-order valence-electron chi connectivity index (χ2n) is 7.74. The summed E-state index contributed by atoms with van der Waals surface area (Å²) in [6.45, 7) is 2.19. The Hall–Kier alpha value is -4.72. The molecule has 0 fully saturated rings. The van der Waals surface area contributed by atoms with Crippen LogP contribution in [-0.4, -0.2) is 26.2 Å². The maximum atomic E-state index is 12.8. The third kappa shape index (κ3) is 4.29. The molecule has 3 heterocycles. The summed E-state index contributed by atoms with van der Waals surface area (Å²) in [4.78, 5) is 34.2. The van der Waals surface area contributed by atoms with Gasteiger partial charge in [-0.15, -0.1) is 0 Å². The second kappa shape index (κ2) is 9.03. The molecule has 8 nitrogen and oxygen atoms in total. The fourth-order valence-corrected chi connectivity index (χ4v) is 3.64. The van der Waals surface area contributed by atoms with Crippen molar-refractivity contribution in [2.24, 2.45) is 0 Å². The number of hydrazine groups is 1. The van der Waals surface area contributed by atoms with Gasteiger partial charge in [-0.3, -0.25) is 20.4 Å². The van der Waals surface area contributed by atoms with E-state index in [1.165, 1.54) is 0 Å². The van der Waals surface area contributed by atoms with Crippen LogP contribution in [0.4, 0.5) is 0 Å². The lowest BCUT2D eigenvalue weighted by Crippen LogP contribution is -2.42. The van der Waals surface area contributed by atoms with Gasteiger partial charge in [-0.05, 0) is 42.8 Å². The number of para-hydroxylation sites is 2. The Kier molecular flexibility index (Phi) is 5.61. The molecular weight excluding hydrogens is 430 g/mol. The lowest BCUT2D eigenvalue weighted by atomic mass is 10.2. The number of ether oxygens (including phenoxy) is 1. The average Bonchev–Trinajstić information content (AvgIpc) is 3.30. The summed E-state index contributed by atoms with van der Waals surface area (Å²) in [6.07, 6.45) is 3.81. The van der Waals surface area contributed by atoms with E-state index in [1.807, 2.05) is 66.2 Å². The van der Waals surface area contributed by atoms with E-state index in [4.69, 9.17) is 4.74 Å². The molecule has 0 radical (unpaired) electrons.